The Hall–Kier alpha value is -1.36. The molecule has 146 valence electrons. The monoisotopic (exact) mass is 451 g/mol. The second-order valence-electron chi connectivity index (χ2n) is 7.42. The van der Waals surface area contributed by atoms with E-state index in [1.54, 1.807) is 36.4 Å². The molecule has 1 aliphatic heterocycles. The van der Waals surface area contributed by atoms with Crippen LogP contribution in [0.25, 0.3) is 0 Å². The molecule has 28 heavy (non-hydrogen) atoms. The number of carbonyl (C=O) groups is 1. The molecule has 0 bridgehead atoms. The molecule has 0 saturated carbocycles. The van der Waals surface area contributed by atoms with Crippen molar-refractivity contribution in [1.29, 1.82) is 5.26 Å². The first kappa shape index (κ1) is 21.4. The number of anilines is 1. The van der Waals surface area contributed by atoms with E-state index in [1.807, 2.05) is 39.0 Å². The second kappa shape index (κ2) is 7.81. The molecule has 4 nitrogen and oxygen atoms in total. The number of hydrogen-bond acceptors (Lipinski definition) is 5. The third-order valence-corrected chi connectivity index (χ3v) is 8.04. The van der Waals surface area contributed by atoms with E-state index in [0.717, 1.165) is 0 Å². The molecule has 0 aliphatic carbocycles. The Balaban J connectivity index is 2.06. The molecule has 3 rings (SSSR count). The van der Waals surface area contributed by atoms with Crippen LogP contribution in [0.4, 0.5) is 5.69 Å². The number of hydrogen-bond donors (Lipinski definition) is 1. The predicted molar refractivity (Wildman–Crippen MR) is 119 cm³/mol. The van der Waals surface area contributed by atoms with Crippen molar-refractivity contribution in [1.82, 2.24) is 4.72 Å². The minimum atomic E-state index is -1.50. The third kappa shape index (κ3) is 3.51. The molecule has 2 atom stereocenters. The quantitative estimate of drug-likeness (QED) is 0.272. The summed E-state index contributed by atoms with van der Waals surface area (Å²) in [6.07, 6.45) is 0. The molecule has 1 aliphatic rings. The Morgan fingerprint density at radius 3 is 2.25 bits per heavy atom. The topological polar surface area (TPSA) is 56.1 Å². The molecule has 2 aromatic rings. The van der Waals surface area contributed by atoms with Gasteiger partial charge in [-0.05, 0) is 72.4 Å². The van der Waals surface area contributed by atoms with E-state index in [9.17, 15) is 10.1 Å². The summed E-state index contributed by atoms with van der Waals surface area (Å²) in [6, 6.07) is 18.2. The Labute approximate surface area is 183 Å². The lowest BCUT2D eigenvalue weighted by Gasteiger charge is -2.57. The van der Waals surface area contributed by atoms with Gasteiger partial charge in [-0.15, -0.1) is 0 Å². The first-order chi connectivity index (χ1) is 13.2. The van der Waals surface area contributed by atoms with Crippen molar-refractivity contribution in [2.75, 3.05) is 4.90 Å². The highest BCUT2D eigenvalue weighted by atomic mass is 35.5. The SMILES string of the molecule is CC(C)(C)NSS[C@@]1(C#N)N(c2ccc(Cl)cc2)C(=O)[C@]1(Cl)c1ccccc1. The molecule has 1 saturated heterocycles. The van der Waals surface area contributed by atoms with Crippen LogP contribution in [0.2, 0.25) is 5.02 Å². The van der Waals surface area contributed by atoms with Gasteiger partial charge in [0.05, 0.1) is 0 Å². The summed E-state index contributed by atoms with van der Waals surface area (Å²) in [6.45, 7) is 6.06. The maximum Gasteiger partial charge on any atom is 0.259 e. The molecule has 0 radical (unpaired) electrons. The molecule has 0 unspecified atom stereocenters. The molecule has 0 spiro atoms. The Kier molecular flexibility index (Phi) is 5.96. The van der Waals surface area contributed by atoms with Crippen LogP contribution >= 0.6 is 45.0 Å². The zero-order chi connectivity index (χ0) is 20.6. The van der Waals surface area contributed by atoms with Crippen molar-refractivity contribution >= 4 is 56.6 Å². The van der Waals surface area contributed by atoms with Crippen LogP contribution in [0.15, 0.2) is 54.6 Å². The largest absolute Gasteiger partial charge is 0.279 e. The van der Waals surface area contributed by atoms with Crippen molar-refractivity contribution in [3.63, 3.8) is 0 Å². The zero-order valence-electron chi connectivity index (χ0n) is 15.6. The molecule has 8 heteroatoms. The van der Waals surface area contributed by atoms with Gasteiger partial charge in [-0.3, -0.25) is 9.69 Å². The summed E-state index contributed by atoms with van der Waals surface area (Å²) in [7, 11) is 2.54. The lowest BCUT2D eigenvalue weighted by molar-refractivity contribution is -0.128. The van der Waals surface area contributed by atoms with Crippen LogP contribution in [0, 0.1) is 11.3 Å². The van der Waals surface area contributed by atoms with Crippen LogP contribution in [0.3, 0.4) is 0 Å². The predicted octanol–water partition coefficient (Wildman–Crippen LogP) is 5.73. The standard InChI is InChI=1S/C20H19Cl2N3OS2/c1-18(2,3)24-28-27-19(13-23)20(22,14-7-5-4-6-8-14)17(26)25(19)16-11-9-15(21)10-12-16/h4-12,24H,1-3H3/t19-,20-/m1/s1. The highest BCUT2D eigenvalue weighted by molar-refractivity contribution is 8.76. The van der Waals surface area contributed by atoms with Crippen molar-refractivity contribution in [2.24, 2.45) is 0 Å². The highest BCUT2D eigenvalue weighted by Gasteiger charge is 2.74. The maximum absolute atomic E-state index is 13.3. The number of rotatable bonds is 5. The Morgan fingerprint density at radius 2 is 1.71 bits per heavy atom. The van der Waals surface area contributed by atoms with E-state index in [4.69, 9.17) is 23.2 Å². The van der Waals surface area contributed by atoms with Crippen molar-refractivity contribution in [3.8, 4) is 6.07 Å². The average molecular weight is 452 g/mol. The highest BCUT2D eigenvalue weighted by Crippen LogP contribution is 2.62. The number of amides is 1. The van der Waals surface area contributed by atoms with Crippen LogP contribution in [0.1, 0.15) is 26.3 Å². The van der Waals surface area contributed by atoms with Gasteiger partial charge >= 0.3 is 0 Å². The zero-order valence-corrected chi connectivity index (χ0v) is 18.7. The molecular formula is C20H19Cl2N3OS2. The second-order valence-corrected chi connectivity index (χ2v) is 10.5. The number of nitriles is 1. The summed E-state index contributed by atoms with van der Waals surface area (Å²) < 4.78 is 3.28. The molecule has 1 fully saturated rings. The summed E-state index contributed by atoms with van der Waals surface area (Å²) in [5, 5.41) is 10.8. The van der Waals surface area contributed by atoms with Gasteiger partial charge in [-0.2, -0.15) is 5.26 Å². The number of nitrogens with zero attached hydrogens (tertiary/aromatic N) is 2. The molecule has 1 heterocycles. The fourth-order valence-corrected chi connectivity index (χ4v) is 6.56. The third-order valence-electron chi connectivity index (χ3n) is 4.20. The lowest BCUT2D eigenvalue weighted by Crippen LogP contribution is -2.76. The number of benzene rings is 2. The molecule has 0 aromatic heterocycles. The molecule has 1 amide bonds. The molecule has 1 N–H and O–H groups in total. The number of carbonyl (C=O) groups excluding carboxylic acids is 1. The normalized spacial score (nSPS) is 24.6. The van der Waals surface area contributed by atoms with Gasteiger partial charge < -0.3 is 0 Å². The Bertz CT molecular complexity index is 912. The number of alkyl halides is 1. The number of β-lactam (4-membered cyclic amide) rings is 1. The maximum atomic E-state index is 13.3. The van der Waals surface area contributed by atoms with Crippen LogP contribution in [0.5, 0.6) is 0 Å². The van der Waals surface area contributed by atoms with E-state index in [1.165, 1.54) is 26.7 Å². The van der Waals surface area contributed by atoms with Crippen LogP contribution < -0.4 is 9.62 Å². The van der Waals surface area contributed by atoms with E-state index < -0.39 is 9.75 Å². The van der Waals surface area contributed by atoms with E-state index in [-0.39, 0.29) is 11.4 Å². The molecule has 2 aromatic carbocycles. The van der Waals surface area contributed by atoms with Gasteiger partial charge in [0.2, 0.25) is 4.87 Å². The van der Waals surface area contributed by atoms with E-state index >= 15 is 0 Å². The smallest absolute Gasteiger partial charge is 0.259 e. The van der Waals surface area contributed by atoms with Gasteiger partial charge in [0.15, 0.2) is 4.87 Å². The fourth-order valence-electron chi connectivity index (χ4n) is 2.87. The van der Waals surface area contributed by atoms with Gasteiger partial charge in [-0.25, -0.2) is 4.72 Å². The van der Waals surface area contributed by atoms with Gasteiger partial charge in [0.1, 0.15) is 6.07 Å². The number of halogens is 2. The van der Waals surface area contributed by atoms with Gasteiger partial charge in [0.25, 0.3) is 5.91 Å². The number of nitrogens with one attached hydrogen (secondary N) is 1. The van der Waals surface area contributed by atoms with Crippen molar-refractivity contribution in [3.05, 3.63) is 65.2 Å². The Morgan fingerprint density at radius 1 is 1.11 bits per heavy atom. The van der Waals surface area contributed by atoms with Crippen LogP contribution in [-0.2, 0) is 9.67 Å². The average Bonchev–Trinajstić information content (AvgIpc) is 2.67. The van der Waals surface area contributed by atoms with Gasteiger partial charge in [0, 0.05) is 16.2 Å². The minimum absolute atomic E-state index is 0.172. The van der Waals surface area contributed by atoms with E-state index in [0.29, 0.717) is 16.3 Å². The van der Waals surface area contributed by atoms with Crippen LogP contribution in [-0.4, -0.2) is 16.3 Å². The first-order valence-corrected chi connectivity index (χ1v) is 11.4. The van der Waals surface area contributed by atoms with E-state index in [2.05, 4.69) is 10.8 Å². The summed E-state index contributed by atoms with van der Waals surface area (Å²) in [5.41, 5.74) is 0.999. The minimum Gasteiger partial charge on any atom is -0.279 e. The fraction of sp³-hybridized carbons (Fsp3) is 0.300. The molecular weight excluding hydrogens is 433 g/mol. The first-order valence-electron chi connectivity index (χ1n) is 8.53. The van der Waals surface area contributed by atoms with Gasteiger partial charge in [-0.1, -0.05) is 53.5 Å². The summed E-state index contributed by atoms with van der Waals surface area (Å²) in [5.74, 6) is -0.340. The van der Waals surface area contributed by atoms with Crippen molar-refractivity contribution < 1.29 is 4.79 Å². The summed E-state index contributed by atoms with van der Waals surface area (Å²) in [4.78, 5) is 11.9. The lowest BCUT2D eigenvalue weighted by atomic mass is 9.79. The summed E-state index contributed by atoms with van der Waals surface area (Å²) >= 11 is 12.9. The van der Waals surface area contributed by atoms with Crippen molar-refractivity contribution in [2.45, 2.75) is 36.1 Å².